The molecule has 0 radical (unpaired) electrons. The molecule has 1 aromatic rings. The number of hydrogen-bond donors (Lipinski definition) is 1. The number of aliphatic hydroxyl groups is 1. The van der Waals surface area contributed by atoms with Gasteiger partial charge in [0.1, 0.15) is 0 Å². The first-order valence-corrected chi connectivity index (χ1v) is 6.44. The Morgan fingerprint density at radius 1 is 1.06 bits per heavy atom. The Kier molecular flexibility index (Phi) is 2.16. The minimum absolute atomic E-state index is 0.480. The van der Waals surface area contributed by atoms with Gasteiger partial charge in [0.05, 0.1) is 5.60 Å². The Morgan fingerprint density at radius 2 is 1.56 bits per heavy atom. The van der Waals surface area contributed by atoms with Crippen molar-refractivity contribution in [2.24, 2.45) is 11.8 Å². The lowest BCUT2D eigenvalue weighted by atomic mass is 9.94. The SMILES string of the molecule is Cc1cccc(C)c1C1(O)C2CCCCC21. The van der Waals surface area contributed by atoms with Crippen LogP contribution in [0.2, 0.25) is 0 Å². The summed E-state index contributed by atoms with van der Waals surface area (Å²) in [5.41, 5.74) is 3.27. The Bertz CT molecular complexity index is 389. The zero-order valence-corrected chi connectivity index (χ0v) is 10.2. The standard InChI is InChI=1S/C15H20O/c1-10-6-5-7-11(2)14(10)15(16)12-8-3-4-9-13(12)15/h5-7,12-13,16H,3-4,8-9H2,1-2H3. The zero-order chi connectivity index (χ0) is 11.3. The van der Waals surface area contributed by atoms with Gasteiger partial charge in [0.15, 0.2) is 0 Å². The molecule has 0 saturated heterocycles. The van der Waals surface area contributed by atoms with Crippen molar-refractivity contribution < 1.29 is 5.11 Å². The van der Waals surface area contributed by atoms with Gasteiger partial charge in [-0.3, -0.25) is 0 Å². The molecule has 3 rings (SSSR count). The van der Waals surface area contributed by atoms with E-state index >= 15 is 0 Å². The fourth-order valence-corrected chi connectivity index (χ4v) is 3.91. The lowest BCUT2D eigenvalue weighted by molar-refractivity contribution is 0.116. The summed E-state index contributed by atoms with van der Waals surface area (Å²) in [6, 6.07) is 6.35. The van der Waals surface area contributed by atoms with Gasteiger partial charge < -0.3 is 5.11 Å². The molecule has 0 spiro atoms. The highest BCUT2D eigenvalue weighted by Gasteiger charge is 2.65. The van der Waals surface area contributed by atoms with Gasteiger partial charge in [-0.15, -0.1) is 0 Å². The molecular weight excluding hydrogens is 196 g/mol. The van der Waals surface area contributed by atoms with E-state index in [9.17, 15) is 5.11 Å². The third kappa shape index (κ3) is 1.21. The minimum Gasteiger partial charge on any atom is -0.385 e. The average molecular weight is 216 g/mol. The summed E-state index contributed by atoms with van der Waals surface area (Å²) in [5, 5.41) is 10.9. The van der Waals surface area contributed by atoms with Gasteiger partial charge in [-0.2, -0.15) is 0 Å². The summed E-state index contributed by atoms with van der Waals surface area (Å²) in [6.07, 6.45) is 5.03. The van der Waals surface area contributed by atoms with Crippen LogP contribution in [0, 0.1) is 25.7 Å². The number of fused-ring (bicyclic) bond motifs is 1. The van der Waals surface area contributed by atoms with Crippen LogP contribution in [0.3, 0.4) is 0 Å². The first kappa shape index (κ1) is 10.3. The highest BCUT2D eigenvalue weighted by Crippen LogP contribution is 2.65. The first-order chi connectivity index (χ1) is 7.65. The van der Waals surface area contributed by atoms with Gasteiger partial charge in [0, 0.05) is 0 Å². The number of hydrogen-bond acceptors (Lipinski definition) is 1. The van der Waals surface area contributed by atoms with Crippen molar-refractivity contribution in [2.45, 2.75) is 45.1 Å². The van der Waals surface area contributed by atoms with Crippen LogP contribution < -0.4 is 0 Å². The number of aryl methyl sites for hydroxylation is 2. The Hall–Kier alpha value is -0.820. The zero-order valence-electron chi connectivity index (χ0n) is 10.2. The second kappa shape index (κ2) is 3.33. The van der Waals surface area contributed by atoms with Crippen LogP contribution in [0.4, 0.5) is 0 Å². The van der Waals surface area contributed by atoms with Gasteiger partial charge >= 0.3 is 0 Å². The van der Waals surface area contributed by atoms with Crippen molar-refractivity contribution in [3.05, 3.63) is 34.9 Å². The summed E-state index contributed by atoms with van der Waals surface area (Å²) in [5.74, 6) is 1.09. The van der Waals surface area contributed by atoms with E-state index in [1.165, 1.54) is 42.4 Å². The van der Waals surface area contributed by atoms with Crippen molar-refractivity contribution in [1.82, 2.24) is 0 Å². The Labute approximate surface area is 97.5 Å². The second-order valence-corrected chi connectivity index (χ2v) is 5.59. The summed E-state index contributed by atoms with van der Waals surface area (Å²) in [4.78, 5) is 0. The van der Waals surface area contributed by atoms with E-state index in [1.54, 1.807) is 0 Å². The number of rotatable bonds is 1. The predicted molar refractivity (Wildman–Crippen MR) is 65.3 cm³/mol. The molecule has 2 atom stereocenters. The normalized spacial score (nSPS) is 36.9. The van der Waals surface area contributed by atoms with E-state index in [0.29, 0.717) is 11.8 Å². The van der Waals surface area contributed by atoms with Gasteiger partial charge in [-0.05, 0) is 55.2 Å². The van der Waals surface area contributed by atoms with Crippen LogP contribution in [0.1, 0.15) is 42.4 Å². The predicted octanol–water partition coefficient (Wildman–Crippen LogP) is 3.31. The molecule has 0 amide bonds. The molecule has 86 valence electrons. The van der Waals surface area contributed by atoms with E-state index in [-0.39, 0.29) is 0 Å². The van der Waals surface area contributed by atoms with Crippen LogP contribution in [0.15, 0.2) is 18.2 Å². The summed E-state index contributed by atoms with van der Waals surface area (Å²) >= 11 is 0. The van der Waals surface area contributed by atoms with Crippen LogP contribution in [-0.2, 0) is 5.60 Å². The molecule has 0 aliphatic heterocycles. The highest BCUT2D eigenvalue weighted by molar-refractivity contribution is 5.44. The summed E-state index contributed by atoms with van der Waals surface area (Å²) in [6.45, 7) is 4.26. The van der Waals surface area contributed by atoms with Gasteiger partial charge in [-0.1, -0.05) is 31.0 Å². The van der Waals surface area contributed by atoms with E-state index in [1.807, 2.05) is 0 Å². The lowest BCUT2D eigenvalue weighted by Gasteiger charge is -2.17. The molecule has 2 aliphatic carbocycles. The molecule has 1 heteroatoms. The molecular formula is C15H20O. The van der Waals surface area contributed by atoms with E-state index in [2.05, 4.69) is 32.0 Å². The summed E-state index contributed by atoms with van der Waals surface area (Å²) < 4.78 is 0. The largest absolute Gasteiger partial charge is 0.385 e. The molecule has 1 aromatic carbocycles. The van der Waals surface area contributed by atoms with Crippen molar-refractivity contribution in [1.29, 1.82) is 0 Å². The highest BCUT2D eigenvalue weighted by atomic mass is 16.3. The molecule has 0 heterocycles. The van der Waals surface area contributed by atoms with Crippen molar-refractivity contribution in [3.63, 3.8) is 0 Å². The second-order valence-electron chi connectivity index (χ2n) is 5.59. The quantitative estimate of drug-likeness (QED) is 0.763. The molecule has 2 unspecified atom stereocenters. The lowest BCUT2D eigenvalue weighted by Crippen LogP contribution is -2.14. The van der Waals surface area contributed by atoms with Crippen molar-refractivity contribution in [2.75, 3.05) is 0 Å². The molecule has 1 N–H and O–H groups in total. The van der Waals surface area contributed by atoms with Crippen molar-refractivity contribution in [3.8, 4) is 0 Å². The van der Waals surface area contributed by atoms with Crippen molar-refractivity contribution >= 4 is 0 Å². The fraction of sp³-hybridized carbons (Fsp3) is 0.600. The van der Waals surface area contributed by atoms with Crippen LogP contribution in [0.25, 0.3) is 0 Å². The molecule has 1 nitrogen and oxygen atoms in total. The molecule has 0 bridgehead atoms. The molecule has 16 heavy (non-hydrogen) atoms. The molecule has 2 saturated carbocycles. The van der Waals surface area contributed by atoms with Crippen LogP contribution in [-0.4, -0.2) is 5.11 Å². The molecule has 2 aliphatic rings. The Balaban J connectivity index is 2.04. The number of benzene rings is 1. The monoisotopic (exact) mass is 216 g/mol. The first-order valence-electron chi connectivity index (χ1n) is 6.44. The van der Waals surface area contributed by atoms with E-state index < -0.39 is 5.60 Å². The fourth-order valence-electron chi connectivity index (χ4n) is 3.91. The smallest absolute Gasteiger partial charge is 0.0965 e. The van der Waals surface area contributed by atoms with E-state index in [4.69, 9.17) is 0 Å². The molecule has 2 fully saturated rings. The minimum atomic E-state index is -0.480. The van der Waals surface area contributed by atoms with Crippen LogP contribution >= 0.6 is 0 Å². The third-order valence-corrected chi connectivity index (χ3v) is 4.67. The maximum absolute atomic E-state index is 10.9. The van der Waals surface area contributed by atoms with Gasteiger partial charge in [0.2, 0.25) is 0 Å². The topological polar surface area (TPSA) is 20.2 Å². The average Bonchev–Trinajstić information content (AvgIpc) is 2.86. The maximum atomic E-state index is 10.9. The molecule has 0 aromatic heterocycles. The van der Waals surface area contributed by atoms with Gasteiger partial charge in [-0.25, -0.2) is 0 Å². The summed E-state index contributed by atoms with van der Waals surface area (Å²) in [7, 11) is 0. The van der Waals surface area contributed by atoms with Gasteiger partial charge in [0.25, 0.3) is 0 Å². The van der Waals surface area contributed by atoms with E-state index in [0.717, 1.165) is 0 Å². The van der Waals surface area contributed by atoms with Crippen LogP contribution in [0.5, 0.6) is 0 Å². The maximum Gasteiger partial charge on any atom is 0.0965 e. The Morgan fingerprint density at radius 3 is 2.06 bits per heavy atom. The third-order valence-electron chi connectivity index (χ3n) is 4.67.